The third kappa shape index (κ3) is 5.59. The Kier molecular flexibility index (Phi) is 7.37. The van der Waals surface area contributed by atoms with Gasteiger partial charge in [0.2, 0.25) is 0 Å². The second-order valence-corrected chi connectivity index (χ2v) is 9.43. The molecule has 2 aromatic rings. The van der Waals surface area contributed by atoms with Crippen LogP contribution in [-0.2, 0) is 4.74 Å². The van der Waals surface area contributed by atoms with E-state index in [1.165, 1.54) is 6.07 Å². The number of hydrogen-bond acceptors (Lipinski definition) is 6. The first kappa shape index (κ1) is 21.7. The van der Waals surface area contributed by atoms with E-state index < -0.39 is 0 Å². The number of anilines is 2. The summed E-state index contributed by atoms with van der Waals surface area (Å²) in [6.07, 6.45) is 8.02. The normalized spacial score (nSPS) is 22.6. The maximum absolute atomic E-state index is 14.4. The largest absolute Gasteiger partial charge is 0.381 e. The molecule has 0 spiro atoms. The Labute approximate surface area is 190 Å². The van der Waals surface area contributed by atoms with E-state index in [2.05, 4.69) is 43.2 Å². The highest BCUT2D eigenvalue weighted by molar-refractivity contribution is 14.1. The zero-order chi connectivity index (χ0) is 20.9. The molecule has 0 aromatic carbocycles. The van der Waals surface area contributed by atoms with Crippen LogP contribution < -0.4 is 16.4 Å². The zero-order valence-electron chi connectivity index (χ0n) is 17.0. The molecule has 8 heteroatoms. The topological polar surface area (TPSA) is 85.1 Å². The lowest BCUT2D eigenvalue weighted by molar-refractivity contribution is 0.0699. The molecule has 162 valence electrons. The summed E-state index contributed by atoms with van der Waals surface area (Å²) in [6.45, 7) is 2.27. The van der Waals surface area contributed by atoms with Crippen LogP contribution in [0, 0.1) is 15.3 Å². The molecule has 2 fully saturated rings. The Bertz CT molecular complexity index is 853. The SMILES string of the molecule is N[C@H]1CC[C@H](Nc2cc(-c3ccc(F)c(NCC4CCOCC4)n3)c(I)cn2)CC1. The smallest absolute Gasteiger partial charge is 0.165 e. The molecule has 0 atom stereocenters. The van der Waals surface area contributed by atoms with Gasteiger partial charge in [0.05, 0.1) is 5.69 Å². The lowest BCUT2D eigenvalue weighted by Gasteiger charge is -2.27. The number of rotatable bonds is 6. The fourth-order valence-electron chi connectivity index (χ4n) is 4.09. The third-order valence-electron chi connectivity index (χ3n) is 6.00. The van der Waals surface area contributed by atoms with Gasteiger partial charge < -0.3 is 21.1 Å². The summed E-state index contributed by atoms with van der Waals surface area (Å²) in [5.41, 5.74) is 7.71. The quantitative estimate of drug-likeness (QED) is 0.485. The van der Waals surface area contributed by atoms with Crippen molar-refractivity contribution in [2.24, 2.45) is 11.7 Å². The van der Waals surface area contributed by atoms with E-state index in [0.717, 1.165) is 72.4 Å². The number of hydrogen-bond donors (Lipinski definition) is 3. The molecule has 3 heterocycles. The monoisotopic (exact) mass is 525 g/mol. The van der Waals surface area contributed by atoms with E-state index >= 15 is 0 Å². The second kappa shape index (κ2) is 10.2. The van der Waals surface area contributed by atoms with E-state index in [4.69, 9.17) is 10.5 Å². The van der Waals surface area contributed by atoms with Crippen molar-refractivity contribution in [3.63, 3.8) is 0 Å². The molecule has 4 N–H and O–H groups in total. The van der Waals surface area contributed by atoms with Crippen molar-refractivity contribution >= 4 is 34.2 Å². The number of halogens is 2. The predicted molar refractivity (Wildman–Crippen MR) is 126 cm³/mol. The molecule has 6 nitrogen and oxygen atoms in total. The number of pyridine rings is 2. The molecule has 1 saturated heterocycles. The number of nitrogens with two attached hydrogens (primary N) is 1. The van der Waals surface area contributed by atoms with Crippen molar-refractivity contribution in [2.45, 2.75) is 50.6 Å². The highest BCUT2D eigenvalue weighted by atomic mass is 127. The number of aromatic nitrogens is 2. The standard InChI is InChI=1S/C22H29FIN5O/c23-18-5-6-20(29-22(18)27-12-14-7-9-30-10-8-14)17-11-21(26-13-19(17)24)28-16-3-1-15(25)2-4-16/h5-6,11,13-16H,1-4,7-10,12,25H2,(H,26,28)(H,27,29)/t15-,16-. The summed E-state index contributed by atoms with van der Waals surface area (Å²) < 4.78 is 20.8. The average molecular weight is 525 g/mol. The van der Waals surface area contributed by atoms with Gasteiger partial charge >= 0.3 is 0 Å². The molecule has 0 amide bonds. The fourth-order valence-corrected chi connectivity index (χ4v) is 4.67. The molecule has 30 heavy (non-hydrogen) atoms. The van der Waals surface area contributed by atoms with Gasteiger partial charge in [-0.15, -0.1) is 0 Å². The Morgan fingerprint density at radius 1 is 1.13 bits per heavy atom. The van der Waals surface area contributed by atoms with Crippen molar-refractivity contribution in [1.29, 1.82) is 0 Å². The van der Waals surface area contributed by atoms with Crippen molar-refractivity contribution in [3.05, 3.63) is 33.8 Å². The summed E-state index contributed by atoms with van der Waals surface area (Å²) in [6, 6.07) is 5.94. The zero-order valence-corrected chi connectivity index (χ0v) is 19.2. The molecule has 1 saturated carbocycles. The maximum Gasteiger partial charge on any atom is 0.165 e. The Hall–Kier alpha value is -1.52. The highest BCUT2D eigenvalue weighted by Gasteiger charge is 2.20. The maximum atomic E-state index is 14.4. The molecule has 0 bridgehead atoms. The van der Waals surface area contributed by atoms with E-state index in [1.54, 1.807) is 6.07 Å². The van der Waals surface area contributed by atoms with E-state index in [9.17, 15) is 4.39 Å². The number of ether oxygens (including phenoxy) is 1. The number of nitrogens with one attached hydrogen (secondary N) is 2. The first-order valence-electron chi connectivity index (χ1n) is 10.7. The summed E-state index contributed by atoms with van der Waals surface area (Å²) in [5.74, 6) is 1.30. The summed E-state index contributed by atoms with van der Waals surface area (Å²) in [7, 11) is 0. The lowest BCUT2D eigenvalue weighted by atomic mass is 9.92. The van der Waals surface area contributed by atoms with Gasteiger partial charge in [-0.1, -0.05) is 0 Å². The minimum Gasteiger partial charge on any atom is -0.381 e. The Balaban J connectivity index is 1.48. The molecule has 0 unspecified atom stereocenters. The van der Waals surface area contributed by atoms with Crippen LogP contribution in [0.15, 0.2) is 24.4 Å². The Morgan fingerprint density at radius 3 is 2.67 bits per heavy atom. The first-order chi connectivity index (χ1) is 14.6. The minimum absolute atomic E-state index is 0.308. The number of nitrogens with zero attached hydrogens (tertiary/aromatic N) is 2. The van der Waals surface area contributed by atoms with Crippen molar-refractivity contribution in [2.75, 3.05) is 30.4 Å². The van der Waals surface area contributed by atoms with Crippen LogP contribution >= 0.6 is 22.6 Å². The second-order valence-electron chi connectivity index (χ2n) is 8.27. The van der Waals surface area contributed by atoms with Gasteiger partial charge in [0.15, 0.2) is 11.6 Å². The van der Waals surface area contributed by atoms with Crippen LogP contribution in [0.5, 0.6) is 0 Å². The predicted octanol–water partition coefficient (Wildman–Crippen LogP) is 4.41. The van der Waals surface area contributed by atoms with E-state index in [0.29, 0.717) is 30.4 Å². The molecule has 2 aliphatic rings. The molecular formula is C22H29FIN5O. The van der Waals surface area contributed by atoms with Gasteiger partial charge in [-0.2, -0.15) is 0 Å². The van der Waals surface area contributed by atoms with E-state index in [1.807, 2.05) is 12.3 Å². The highest BCUT2D eigenvalue weighted by Crippen LogP contribution is 2.29. The van der Waals surface area contributed by atoms with Gasteiger partial charge in [-0.05, 0) is 85.2 Å². The van der Waals surface area contributed by atoms with Crippen LogP contribution in [0.2, 0.25) is 0 Å². The molecule has 1 aliphatic carbocycles. The molecule has 0 radical (unpaired) electrons. The summed E-state index contributed by atoms with van der Waals surface area (Å²) in [5, 5.41) is 6.74. The fraction of sp³-hybridized carbons (Fsp3) is 0.545. The summed E-state index contributed by atoms with van der Waals surface area (Å²) in [4.78, 5) is 9.13. The van der Waals surface area contributed by atoms with Crippen molar-refractivity contribution in [1.82, 2.24) is 9.97 Å². The van der Waals surface area contributed by atoms with Gasteiger partial charge in [0, 0.05) is 47.2 Å². The van der Waals surface area contributed by atoms with E-state index in [-0.39, 0.29) is 5.82 Å². The van der Waals surface area contributed by atoms with Gasteiger partial charge in [-0.25, -0.2) is 14.4 Å². The van der Waals surface area contributed by atoms with Crippen molar-refractivity contribution in [3.8, 4) is 11.3 Å². The molecule has 4 rings (SSSR count). The first-order valence-corrected chi connectivity index (χ1v) is 11.8. The average Bonchev–Trinajstić information content (AvgIpc) is 2.77. The minimum atomic E-state index is -0.327. The van der Waals surface area contributed by atoms with Crippen LogP contribution in [-0.4, -0.2) is 41.8 Å². The third-order valence-corrected chi connectivity index (χ3v) is 6.86. The Morgan fingerprint density at radius 2 is 1.90 bits per heavy atom. The van der Waals surface area contributed by atoms with Crippen molar-refractivity contribution < 1.29 is 9.13 Å². The lowest BCUT2D eigenvalue weighted by Crippen LogP contribution is -2.33. The molecule has 1 aliphatic heterocycles. The van der Waals surface area contributed by atoms with Crippen LogP contribution in [0.4, 0.5) is 16.0 Å². The summed E-state index contributed by atoms with van der Waals surface area (Å²) >= 11 is 2.26. The van der Waals surface area contributed by atoms with Crippen LogP contribution in [0.1, 0.15) is 38.5 Å². The van der Waals surface area contributed by atoms with Gasteiger partial charge in [-0.3, -0.25) is 0 Å². The molecule has 2 aromatic heterocycles. The van der Waals surface area contributed by atoms with Gasteiger partial charge in [0.25, 0.3) is 0 Å². The van der Waals surface area contributed by atoms with Crippen LogP contribution in [0.3, 0.4) is 0 Å². The molecular weight excluding hydrogens is 496 g/mol. The van der Waals surface area contributed by atoms with Crippen LogP contribution in [0.25, 0.3) is 11.3 Å². The van der Waals surface area contributed by atoms with Gasteiger partial charge in [0.1, 0.15) is 5.82 Å².